The molecule has 0 spiro atoms. The predicted molar refractivity (Wildman–Crippen MR) is 117 cm³/mol. The van der Waals surface area contributed by atoms with Crippen LogP contribution >= 0.6 is 11.6 Å². The van der Waals surface area contributed by atoms with Crippen molar-refractivity contribution in [3.63, 3.8) is 0 Å². The molecule has 2 aromatic carbocycles. The highest BCUT2D eigenvalue weighted by molar-refractivity contribution is 6.31. The molecule has 0 bridgehead atoms. The van der Waals surface area contributed by atoms with Crippen LogP contribution in [0.1, 0.15) is 15.9 Å². The molecule has 178 valence electrons. The van der Waals surface area contributed by atoms with Gasteiger partial charge in [0.2, 0.25) is 0 Å². The first kappa shape index (κ1) is 24.6. The number of alkyl halides is 3. The number of pyridine rings is 1. The van der Waals surface area contributed by atoms with Crippen LogP contribution in [0.25, 0.3) is 0 Å². The van der Waals surface area contributed by atoms with E-state index in [0.717, 1.165) is 12.1 Å². The summed E-state index contributed by atoms with van der Waals surface area (Å²) in [4.78, 5) is 28.7. The van der Waals surface area contributed by atoms with E-state index in [4.69, 9.17) is 25.8 Å². The standard InChI is InChI=1S/C22H17ClF3N3O5/c1-32-16-4-3-5-17(33-2)19(16)20(30)29-21(31)28-18-9-7-13(11-27-18)34-12-6-8-15(23)14(10-12)22(24,25)26/h3-11H,1-2H3,(H2,27,28,29,30,31). The molecule has 3 rings (SSSR count). The van der Waals surface area contributed by atoms with Crippen LogP contribution in [-0.2, 0) is 6.18 Å². The van der Waals surface area contributed by atoms with Crippen LogP contribution in [-0.4, -0.2) is 31.1 Å². The number of hydrogen-bond donors (Lipinski definition) is 2. The molecule has 3 amide bonds. The van der Waals surface area contributed by atoms with E-state index in [-0.39, 0.29) is 34.4 Å². The van der Waals surface area contributed by atoms with Crippen molar-refractivity contribution in [3.8, 4) is 23.0 Å². The number of nitrogens with zero attached hydrogens (tertiary/aromatic N) is 1. The number of benzene rings is 2. The summed E-state index contributed by atoms with van der Waals surface area (Å²) in [6.07, 6.45) is -3.45. The molecular formula is C22H17ClF3N3O5. The van der Waals surface area contributed by atoms with Crippen LogP contribution in [0.15, 0.2) is 54.7 Å². The number of carbonyl (C=O) groups is 2. The Morgan fingerprint density at radius 1 is 0.971 bits per heavy atom. The lowest BCUT2D eigenvalue weighted by molar-refractivity contribution is -0.137. The van der Waals surface area contributed by atoms with Crippen molar-refractivity contribution < 1.29 is 37.0 Å². The zero-order valence-electron chi connectivity index (χ0n) is 17.7. The number of anilines is 1. The summed E-state index contributed by atoms with van der Waals surface area (Å²) in [5.41, 5.74) is -1.01. The number of nitrogens with one attached hydrogen (secondary N) is 2. The van der Waals surface area contributed by atoms with E-state index in [2.05, 4.69) is 15.6 Å². The molecule has 12 heteroatoms. The van der Waals surface area contributed by atoms with Crippen molar-refractivity contribution in [1.82, 2.24) is 10.3 Å². The van der Waals surface area contributed by atoms with E-state index in [1.54, 1.807) is 6.07 Å². The fourth-order valence-corrected chi connectivity index (χ4v) is 3.05. The number of aromatic nitrogens is 1. The van der Waals surface area contributed by atoms with E-state index in [1.807, 2.05) is 0 Å². The van der Waals surface area contributed by atoms with Crippen molar-refractivity contribution in [2.24, 2.45) is 0 Å². The van der Waals surface area contributed by atoms with Crippen molar-refractivity contribution >= 4 is 29.4 Å². The molecule has 3 aromatic rings. The van der Waals surface area contributed by atoms with Gasteiger partial charge in [-0.3, -0.25) is 15.4 Å². The van der Waals surface area contributed by atoms with E-state index in [1.165, 1.54) is 50.7 Å². The van der Waals surface area contributed by atoms with Gasteiger partial charge in [0, 0.05) is 0 Å². The molecular weight excluding hydrogens is 479 g/mol. The summed E-state index contributed by atoms with van der Waals surface area (Å²) in [7, 11) is 2.74. The molecule has 0 aliphatic heterocycles. The Kier molecular flexibility index (Phi) is 7.47. The summed E-state index contributed by atoms with van der Waals surface area (Å²) >= 11 is 5.59. The zero-order chi connectivity index (χ0) is 24.9. The number of rotatable bonds is 6. The van der Waals surface area contributed by atoms with E-state index in [9.17, 15) is 22.8 Å². The van der Waals surface area contributed by atoms with Gasteiger partial charge in [-0.05, 0) is 42.5 Å². The Balaban J connectivity index is 1.65. The van der Waals surface area contributed by atoms with Gasteiger partial charge >= 0.3 is 12.2 Å². The molecule has 1 heterocycles. The monoisotopic (exact) mass is 495 g/mol. The van der Waals surface area contributed by atoms with Crippen molar-refractivity contribution in [2.45, 2.75) is 6.18 Å². The highest BCUT2D eigenvalue weighted by Crippen LogP contribution is 2.37. The number of methoxy groups -OCH3 is 2. The highest BCUT2D eigenvalue weighted by atomic mass is 35.5. The first-order chi connectivity index (χ1) is 16.1. The maximum Gasteiger partial charge on any atom is 0.417 e. The summed E-state index contributed by atoms with van der Waals surface area (Å²) in [6.45, 7) is 0. The third kappa shape index (κ3) is 5.87. The van der Waals surface area contributed by atoms with Crippen molar-refractivity contribution in [1.29, 1.82) is 0 Å². The Morgan fingerprint density at radius 2 is 1.62 bits per heavy atom. The number of hydrogen-bond acceptors (Lipinski definition) is 6. The molecule has 0 radical (unpaired) electrons. The lowest BCUT2D eigenvalue weighted by Crippen LogP contribution is -2.35. The average Bonchev–Trinajstić information content (AvgIpc) is 2.80. The maximum atomic E-state index is 13.0. The van der Waals surface area contributed by atoms with Crippen molar-refractivity contribution in [3.05, 3.63) is 70.9 Å². The lowest BCUT2D eigenvalue weighted by Gasteiger charge is -2.13. The van der Waals surface area contributed by atoms with Crippen LogP contribution < -0.4 is 24.8 Å². The predicted octanol–water partition coefficient (Wildman–Crippen LogP) is 5.53. The molecule has 34 heavy (non-hydrogen) atoms. The maximum absolute atomic E-state index is 13.0. The smallest absolute Gasteiger partial charge is 0.417 e. The minimum atomic E-state index is -4.64. The number of halogens is 4. The van der Waals surface area contributed by atoms with Gasteiger partial charge in [0.1, 0.15) is 34.4 Å². The van der Waals surface area contributed by atoms with Gasteiger partial charge in [0.15, 0.2) is 0 Å². The Labute approximate surface area is 196 Å². The van der Waals surface area contributed by atoms with E-state index >= 15 is 0 Å². The minimum Gasteiger partial charge on any atom is -0.496 e. The molecule has 0 unspecified atom stereocenters. The number of imide groups is 1. The number of urea groups is 1. The SMILES string of the molecule is COc1cccc(OC)c1C(=O)NC(=O)Nc1ccc(Oc2ccc(Cl)c(C(F)(F)F)c2)cn1. The Hall–Kier alpha value is -3.99. The van der Waals surface area contributed by atoms with E-state index in [0.29, 0.717) is 0 Å². The van der Waals surface area contributed by atoms with Crippen LogP contribution in [0.4, 0.5) is 23.8 Å². The second-order valence-corrected chi connectivity index (χ2v) is 6.97. The molecule has 8 nitrogen and oxygen atoms in total. The molecule has 0 atom stereocenters. The quantitative estimate of drug-likeness (QED) is 0.467. The summed E-state index contributed by atoms with van der Waals surface area (Å²) < 4.78 is 54.6. The number of ether oxygens (including phenoxy) is 3. The second-order valence-electron chi connectivity index (χ2n) is 6.57. The first-order valence-electron chi connectivity index (χ1n) is 9.46. The Morgan fingerprint density at radius 3 is 2.18 bits per heavy atom. The summed E-state index contributed by atoms with van der Waals surface area (Å²) in [5, 5.41) is 4.04. The number of carbonyl (C=O) groups excluding carboxylic acids is 2. The normalized spacial score (nSPS) is 10.9. The van der Waals surface area contributed by atoms with Crippen LogP contribution in [0.3, 0.4) is 0 Å². The van der Waals surface area contributed by atoms with E-state index < -0.39 is 28.7 Å². The van der Waals surface area contributed by atoms with Gasteiger partial charge < -0.3 is 14.2 Å². The first-order valence-corrected chi connectivity index (χ1v) is 9.84. The highest BCUT2D eigenvalue weighted by Gasteiger charge is 2.33. The van der Waals surface area contributed by atoms with Gasteiger partial charge in [-0.1, -0.05) is 17.7 Å². The largest absolute Gasteiger partial charge is 0.496 e. The summed E-state index contributed by atoms with van der Waals surface area (Å²) in [6, 6.07) is 9.62. The third-order valence-electron chi connectivity index (χ3n) is 4.34. The second kappa shape index (κ2) is 10.3. The molecule has 0 aliphatic carbocycles. The Bertz CT molecular complexity index is 1180. The molecule has 1 aromatic heterocycles. The molecule has 0 saturated carbocycles. The topological polar surface area (TPSA) is 98.8 Å². The molecule has 2 N–H and O–H groups in total. The number of amides is 3. The van der Waals surface area contributed by atoms with Gasteiger partial charge in [0.05, 0.1) is 31.0 Å². The van der Waals surface area contributed by atoms with Crippen LogP contribution in [0.5, 0.6) is 23.0 Å². The van der Waals surface area contributed by atoms with Gasteiger partial charge in [-0.2, -0.15) is 13.2 Å². The fraction of sp³-hybridized carbons (Fsp3) is 0.136. The zero-order valence-corrected chi connectivity index (χ0v) is 18.5. The van der Waals surface area contributed by atoms with Gasteiger partial charge in [0.25, 0.3) is 5.91 Å². The van der Waals surface area contributed by atoms with Crippen molar-refractivity contribution in [2.75, 3.05) is 19.5 Å². The fourth-order valence-electron chi connectivity index (χ4n) is 2.82. The third-order valence-corrected chi connectivity index (χ3v) is 4.67. The van der Waals surface area contributed by atoms with Crippen LogP contribution in [0, 0.1) is 0 Å². The molecule has 0 saturated heterocycles. The molecule has 0 fully saturated rings. The lowest BCUT2D eigenvalue weighted by atomic mass is 10.1. The molecule has 0 aliphatic rings. The summed E-state index contributed by atoms with van der Waals surface area (Å²) in [5.74, 6) is -0.295. The minimum absolute atomic E-state index is 0.0283. The van der Waals surface area contributed by atoms with Gasteiger partial charge in [-0.15, -0.1) is 0 Å². The average molecular weight is 496 g/mol. The van der Waals surface area contributed by atoms with Crippen LogP contribution in [0.2, 0.25) is 5.02 Å². The van der Waals surface area contributed by atoms with Gasteiger partial charge in [-0.25, -0.2) is 9.78 Å².